The lowest BCUT2D eigenvalue weighted by Gasteiger charge is -2.22. The Labute approximate surface area is 132 Å². The first kappa shape index (κ1) is 15.7. The molecule has 0 saturated carbocycles. The Hall–Kier alpha value is -2.23. The molecule has 1 aliphatic heterocycles. The number of hydrogen-bond donors (Lipinski definition) is 2. The number of nitrogens with zero attached hydrogens (tertiary/aromatic N) is 2. The van der Waals surface area contributed by atoms with Crippen molar-refractivity contribution in [2.24, 2.45) is 0 Å². The molecule has 1 unspecified atom stereocenters. The Morgan fingerprint density at radius 2 is 2.09 bits per heavy atom. The van der Waals surface area contributed by atoms with E-state index in [-0.39, 0.29) is 24.5 Å². The van der Waals surface area contributed by atoms with Gasteiger partial charge in [-0.2, -0.15) is 9.82 Å². The van der Waals surface area contributed by atoms with E-state index in [4.69, 9.17) is 4.74 Å². The molecule has 0 radical (unpaired) electrons. The lowest BCUT2D eigenvalue weighted by atomic mass is 10.0. The fourth-order valence-electron chi connectivity index (χ4n) is 2.34. The summed E-state index contributed by atoms with van der Waals surface area (Å²) in [6, 6.07) is 9.00. The van der Waals surface area contributed by atoms with Gasteiger partial charge in [0.25, 0.3) is 0 Å². The molecule has 2 aromatic rings. The van der Waals surface area contributed by atoms with Crippen LogP contribution < -0.4 is 4.72 Å². The molecule has 1 saturated heterocycles. The van der Waals surface area contributed by atoms with Crippen LogP contribution in [0.2, 0.25) is 0 Å². The summed E-state index contributed by atoms with van der Waals surface area (Å²) in [5, 5.41) is 13.3. The number of nitrogens with one attached hydrogen (secondary N) is 1. The van der Waals surface area contributed by atoms with E-state index < -0.39 is 21.5 Å². The van der Waals surface area contributed by atoms with Crippen LogP contribution in [0, 0.1) is 0 Å². The van der Waals surface area contributed by atoms with E-state index in [0.29, 0.717) is 5.69 Å². The largest absolute Gasteiger partial charge is 0.480 e. The van der Waals surface area contributed by atoms with Gasteiger partial charge in [0.1, 0.15) is 4.90 Å². The number of rotatable bonds is 5. The molecule has 0 aliphatic carbocycles. The Balaban J connectivity index is 1.89. The second kappa shape index (κ2) is 5.76. The Morgan fingerprint density at radius 1 is 1.35 bits per heavy atom. The van der Waals surface area contributed by atoms with Crippen LogP contribution in [0.3, 0.4) is 0 Å². The highest BCUT2D eigenvalue weighted by atomic mass is 32.2. The highest BCUT2D eigenvalue weighted by Crippen LogP contribution is 2.22. The van der Waals surface area contributed by atoms with Crippen molar-refractivity contribution >= 4 is 16.0 Å². The van der Waals surface area contributed by atoms with Crippen molar-refractivity contribution in [1.29, 1.82) is 0 Å². The van der Waals surface area contributed by atoms with Crippen LogP contribution in [-0.2, 0) is 19.6 Å². The maximum Gasteiger partial charge on any atom is 0.327 e. The molecule has 0 bridgehead atoms. The Kier molecular flexibility index (Phi) is 3.92. The van der Waals surface area contributed by atoms with Gasteiger partial charge in [-0.3, -0.25) is 4.79 Å². The molecule has 0 spiro atoms. The van der Waals surface area contributed by atoms with Gasteiger partial charge in [-0.25, -0.2) is 13.1 Å². The van der Waals surface area contributed by atoms with Crippen LogP contribution in [0.25, 0.3) is 5.69 Å². The zero-order chi connectivity index (χ0) is 16.5. The first-order valence-electron chi connectivity index (χ1n) is 6.88. The number of carboxylic acid groups (broad SMARTS) is 1. The molecule has 9 heteroatoms. The SMILES string of the molecule is O=C(O)C1(NS(=O)(=O)c2cnn(-c3ccccc3)c2)CCOC1. The number of para-hydroxylation sites is 1. The minimum atomic E-state index is -4.03. The van der Waals surface area contributed by atoms with Crippen LogP contribution in [0.15, 0.2) is 47.6 Å². The van der Waals surface area contributed by atoms with Crippen molar-refractivity contribution in [3.05, 3.63) is 42.7 Å². The van der Waals surface area contributed by atoms with Crippen LogP contribution in [0.4, 0.5) is 0 Å². The first-order chi connectivity index (χ1) is 10.9. The van der Waals surface area contributed by atoms with E-state index in [0.717, 1.165) is 0 Å². The number of carbonyl (C=O) groups is 1. The second-order valence-electron chi connectivity index (χ2n) is 5.25. The van der Waals surface area contributed by atoms with Crippen LogP contribution in [-0.4, -0.2) is 48.0 Å². The molecule has 2 N–H and O–H groups in total. The zero-order valence-electron chi connectivity index (χ0n) is 12.0. The molecular weight excluding hydrogens is 322 g/mol. The van der Waals surface area contributed by atoms with Gasteiger partial charge in [-0.15, -0.1) is 0 Å². The average Bonchev–Trinajstić information content (AvgIpc) is 3.17. The number of aliphatic carboxylic acids is 1. The van der Waals surface area contributed by atoms with Crippen molar-refractivity contribution in [3.63, 3.8) is 0 Å². The van der Waals surface area contributed by atoms with Gasteiger partial charge < -0.3 is 9.84 Å². The van der Waals surface area contributed by atoms with E-state index >= 15 is 0 Å². The van der Waals surface area contributed by atoms with Crippen LogP contribution in [0.1, 0.15) is 6.42 Å². The van der Waals surface area contributed by atoms with Crippen molar-refractivity contribution in [2.75, 3.05) is 13.2 Å². The molecule has 122 valence electrons. The van der Waals surface area contributed by atoms with Gasteiger partial charge >= 0.3 is 5.97 Å². The lowest BCUT2D eigenvalue weighted by molar-refractivity contribution is -0.144. The third-order valence-corrected chi connectivity index (χ3v) is 5.14. The minimum Gasteiger partial charge on any atom is -0.480 e. The molecule has 2 heterocycles. The fourth-order valence-corrected chi connectivity index (χ4v) is 3.65. The van der Waals surface area contributed by atoms with E-state index in [1.165, 1.54) is 17.1 Å². The Morgan fingerprint density at radius 3 is 2.70 bits per heavy atom. The van der Waals surface area contributed by atoms with Crippen molar-refractivity contribution in [1.82, 2.24) is 14.5 Å². The van der Waals surface area contributed by atoms with E-state index in [2.05, 4.69) is 9.82 Å². The molecular formula is C14H15N3O5S. The zero-order valence-corrected chi connectivity index (χ0v) is 12.9. The summed E-state index contributed by atoms with van der Waals surface area (Å²) in [5.41, 5.74) is -0.931. The van der Waals surface area contributed by atoms with Gasteiger partial charge in [0.2, 0.25) is 10.0 Å². The molecule has 0 amide bonds. The summed E-state index contributed by atoms with van der Waals surface area (Å²) in [5.74, 6) is -1.26. The molecule has 1 aromatic heterocycles. The number of carboxylic acids is 1. The van der Waals surface area contributed by atoms with E-state index in [9.17, 15) is 18.3 Å². The van der Waals surface area contributed by atoms with E-state index in [1.807, 2.05) is 6.07 Å². The van der Waals surface area contributed by atoms with Crippen LogP contribution in [0.5, 0.6) is 0 Å². The van der Waals surface area contributed by atoms with Crippen molar-refractivity contribution < 1.29 is 23.1 Å². The topological polar surface area (TPSA) is 111 Å². The number of benzene rings is 1. The van der Waals surface area contributed by atoms with Gasteiger partial charge in [0, 0.05) is 13.0 Å². The highest BCUT2D eigenvalue weighted by Gasteiger charge is 2.46. The van der Waals surface area contributed by atoms with E-state index in [1.54, 1.807) is 24.3 Å². The number of aromatic nitrogens is 2. The van der Waals surface area contributed by atoms with Gasteiger partial charge in [0.05, 0.1) is 24.7 Å². The third-order valence-electron chi connectivity index (χ3n) is 3.65. The van der Waals surface area contributed by atoms with Gasteiger partial charge in [0.15, 0.2) is 5.54 Å². The third kappa shape index (κ3) is 2.98. The molecule has 8 nitrogen and oxygen atoms in total. The second-order valence-corrected chi connectivity index (χ2v) is 6.93. The summed E-state index contributed by atoms with van der Waals surface area (Å²) in [6.07, 6.45) is 2.60. The lowest BCUT2D eigenvalue weighted by Crippen LogP contribution is -2.54. The quantitative estimate of drug-likeness (QED) is 0.817. The summed E-state index contributed by atoms with van der Waals surface area (Å²) >= 11 is 0. The van der Waals surface area contributed by atoms with Gasteiger partial charge in [-0.1, -0.05) is 18.2 Å². The van der Waals surface area contributed by atoms with Crippen molar-refractivity contribution in [2.45, 2.75) is 16.9 Å². The molecule has 3 rings (SSSR count). The Bertz CT molecular complexity index is 810. The minimum absolute atomic E-state index is 0.0778. The molecule has 23 heavy (non-hydrogen) atoms. The molecule has 1 fully saturated rings. The maximum atomic E-state index is 12.5. The number of ether oxygens (including phenoxy) is 1. The maximum absolute atomic E-state index is 12.5. The van der Waals surface area contributed by atoms with Gasteiger partial charge in [-0.05, 0) is 12.1 Å². The first-order valence-corrected chi connectivity index (χ1v) is 8.36. The summed E-state index contributed by atoms with van der Waals surface area (Å²) in [4.78, 5) is 11.3. The predicted octanol–water partition coefficient (Wildman–Crippen LogP) is 0.394. The molecule has 1 aliphatic rings. The summed E-state index contributed by atoms with van der Waals surface area (Å²) in [7, 11) is -4.03. The normalized spacial score (nSPS) is 21.4. The number of sulfonamides is 1. The summed E-state index contributed by atoms with van der Waals surface area (Å²) in [6.45, 7) is -0.00746. The smallest absolute Gasteiger partial charge is 0.327 e. The van der Waals surface area contributed by atoms with Crippen LogP contribution >= 0.6 is 0 Å². The van der Waals surface area contributed by atoms with Crippen molar-refractivity contribution in [3.8, 4) is 5.69 Å². The highest BCUT2D eigenvalue weighted by molar-refractivity contribution is 7.89. The monoisotopic (exact) mass is 337 g/mol. The average molecular weight is 337 g/mol. The predicted molar refractivity (Wildman–Crippen MR) is 79.7 cm³/mol. The standard InChI is InChI=1S/C14H15N3O5S/c18-13(19)14(6-7-22-10-14)16-23(20,21)12-8-15-17(9-12)11-4-2-1-3-5-11/h1-5,8-9,16H,6-7,10H2,(H,18,19). The molecule has 1 aromatic carbocycles. The summed E-state index contributed by atoms with van der Waals surface area (Å²) < 4.78 is 33.6. The number of hydrogen-bond acceptors (Lipinski definition) is 5. The molecule has 1 atom stereocenters. The fraction of sp³-hybridized carbons (Fsp3) is 0.286.